The van der Waals surface area contributed by atoms with E-state index < -0.39 is 42.1 Å². The van der Waals surface area contributed by atoms with Gasteiger partial charge in [0.2, 0.25) is 0 Å². The van der Waals surface area contributed by atoms with Crippen LogP contribution in [-0.4, -0.2) is 44.0 Å². The maximum atomic E-state index is 12.7. The number of rotatable bonds is 3. The second-order valence-electron chi connectivity index (χ2n) is 6.73. The summed E-state index contributed by atoms with van der Waals surface area (Å²) in [5.41, 5.74) is -1.57. The summed E-state index contributed by atoms with van der Waals surface area (Å²) in [6, 6.07) is 9.39. The van der Waals surface area contributed by atoms with Crippen LogP contribution in [0, 0.1) is 11.3 Å². The number of fused-ring (bicyclic) bond motifs is 1. The summed E-state index contributed by atoms with van der Waals surface area (Å²) in [5, 5.41) is 0. The van der Waals surface area contributed by atoms with Crippen LogP contribution in [-0.2, 0) is 28.4 Å². The van der Waals surface area contributed by atoms with Crippen molar-refractivity contribution in [2.75, 3.05) is 13.2 Å². The van der Waals surface area contributed by atoms with Crippen molar-refractivity contribution in [2.45, 2.75) is 25.6 Å². The van der Waals surface area contributed by atoms with Crippen LogP contribution in [0.1, 0.15) is 13.8 Å². The molecule has 130 valence electrons. The maximum Gasteiger partial charge on any atom is 0.494 e. The predicted octanol–water partition coefficient (Wildman–Crippen LogP) is 0.848. The van der Waals surface area contributed by atoms with E-state index in [9.17, 15) is 9.59 Å². The molecule has 0 saturated carbocycles. The number of esters is 2. The van der Waals surface area contributed by atoms with E-state index in [0.717, 1.165) is 5.46 Å². The summed E-state index contributed by atoms with van der Waals surface area (Å²) in [6.45, 7) is 3.96. The summed E-state index contributed by atoms with van der Waals surface area (Å²) in [4.78, 5) is 25.3. The zero-order chi connectivity index (χ0) is 17.7. The van der Waals surface area contributed by atoms with Crippen molar-refractivity contribution in [2.24, 2.45) is 11.3 Å². The molecule has 3 heterocycles. The largest absolute Gasteiger partial charge is 0.494 e. The lowest BCUT2D eigenvalue weighted by atomic mass is 9.57. The smallest absolute Gasteiger partial charge is 0.465 e. The van der Waals surface area contributed by atoms with Crippen molar-refractivity contribution in [3.8, 4) is 0 Å². The normalized spacial score (nSPS) is 35.9. The Labute approximate surface area is 146 Å². The van der Waals surface area contributed by atoms with Crippen molar-refractivity contribution in [1.82, 2.24) is 0 Å². The summed E-state index contributed by atoms with van der Waals surface area (Å²) < 4.78 is 22.7. The van der Waals surface area contributed by atoms with Crippen molar-refractivity contribution in [3.63, 3.8) is 0 Å². The van der Waals surface area contributed by atoms with Gasteiger partial charge in [-0.2, -0.15) is 0 Å². The first-order valence-electron chi connectivity index (χ1n) is 8.44. The molecule has 0 aromatic heterocycles. The van der Waals surface area contributed by atoms with Crippen LogP contribution in [0.3, 0.4) is 0 Å². The molecule has 1 spiro atoms. The minimum atomic E-state index is -1.34. The van der Waals surface area contributed by atoms with Crippen LogP contribution in [0.2, 0.25) is 0 Å². The van der Waals surface area contributed by atoms with Crippen molar-refractivity contribution >= 4 is 24.5 Å². The number of carbonyl (C=O) groups excluding carboxylic acids is 2. The first-order chi connectivity index (χ1) is 12.0. The predicted molar refractivity (Wildman–Crippen MR) is 88.8 cm³/mol. The fourth-order valence-electron chi connectivity index (χ4n) is 3.95. The number of hydrogen-bond acceptors (Lipinski definition) is 6. The van der Waals surface area contributed by atoms with Crippen LogP contribution in [0.5, 0.6) is 0 Å². The molecule has 1 aliphatic carbocycles. The van der Waals surface area contributed by atoms with Crippen LogP contribution >= 0.6 is 0 Å². The van der Waals surface area contributed by atoms with Gasteiger partial charge in [-0.05, 0) is 31.5 Å². The highest BCUT2D eigenvalue weighted by molar-refractivity contribution is 6.61. The Morgan fingerprint density at radius 1 is 1.36 bits per heavy atom. The Morgan fingerprint density at radius 3 is 2.80 bits per heavy atom. The molecule has 1 aromatic rings. The van der Waals surface area contributed by atoms with Gasteiger partial charge in [0.25, 0.3) is 0 Å². The van der Waals surface area contributed by atoms with E-state index >= 15 is 0 Å². The Balaban J connectivity index is 1.73. The summed E-state index contributed by atoms with van der Waals surface area (Å²) in [5.74, 6) is -1.39. The fraction of sp³-hybridized carbons (Fsp3) is 0.444. The van der Waals surface area contributed by atoms with Crippen molar-refractivity contribution in [1.29, 1.82) is 0 Å². The lowest BCUT2D eigenvalue weighted by molar-refractivity contribution is -0.226. The van der Waals surface area contributed by atoms with Gasteiger partial charge in [-0.15, -0.1) is 0 Å². The molecule has 0 radical (unpaired) electrons. The molecule has 6 nitrogen and oxygen atoms in total. The third-order valence-electron chi connectivity index (χ3n) is 5.41. The Morgan fingerprint density at radius 2 is 2.12 bits per heavy atom. The van der Waals surface area contributed by atoms with Crippen molar-refractivity contribution in [3.05, 3.63) is 42.5 Å². The Hall–Kier alpha value is -2.12. The standard InChI is InChI=1S/C18H19BO6/c1-3-22-15(20)17(2)13-11-23-19(12-7-5-4-6-8-12)25-18(13)10-9-14(17)24-16(18)21/h4-10,13-14H,3,11H2,1-2H3. The number of hydrogen-bond donors (Lipinski definition) is 0. The second-order valence-corrected chi connectivity index (χ2v) is 6.73. The zero-order valence-corrected chi connectivity index (χ0v) is 14.1. The summed E-state index contributed by atoms with van der Waals surface area (Å²) >= 11 is 0. The minimum absolute atomic E-state index is 0.199. The average Bonchev–Trinajstić information content (AvgIpc) is 2.64. The monoisotopic (exact) mass is 342 g/mol. The SMILES string of the molecule is CCOC(=O)C1(C)C2C=CC3(OB(c4ccccc4)OCC31)C(=O)O2. The second kappa shape index (κ2) is 5.71. The third kappa shape index (κ3) is 2.19. The van der Waals surface area contributed by atoms with Crippen LogP contribution in [0.25, 0.3) is 0 Å². The zero-order valence-electron chi connectivity index (χ0n) is 14.1. The van der Waals surface area contributed by atoms with Gasteiger partial charge in [0, 0.05) is 12.5 Å². The lowest BCUT2D eigenvalue weighted by Crippen LogP contribution is -2.73. The quantitative estimate of drug-likeness (QED) is 0.461. The third-order valence-corrected chi connectivity index (χ3v) is 5.41. The number of benzene rings is 1. The molecule has 3 aliphatic heterocycles. The minimum Gasteiger partial charge on any atom is -0.465 e. The molecule has 2 saturated heterocycles. The molecule has 5 rings (SSSR count). The van der Waals surface area contributed by atoms with Gasteiger partial charge in [0.1, 0.15) is 11.5 Å². The van der Waals surface area contributed by atoms with Gasteiger partial charge in [-0.25, -0.2) is 4.79 Å². The van der Waals surface area contributed by atoms with Gasteiger partial charge in [-0.3, -0.25) is 4.79 Å². The molecule has 4 aliphatic rings. The van der Waals surface area contributed by atoms with E-state index in [1.807, 2.05) is 30.3 Å². The highest BCUT2D eigenvalue weighted by Gasteiger charge is 2.70. The first-order valence-corrected chi connectivity index (χ1v) is 8.44. The molecule has 7 heteroatoms. The van der Waals surface area contributed by atoms with Crippen LogP contribution in [0.15, 0.2) is 42.5 Å². The molecule has 4 atom stereocenters. The van der Waals surface area contributed by atoms with E-state index in [4.69, 9.17) is 18.8 Å². The van der Waals surface area contributed by atoms with E-state index in [-0.39, 0.29) is 13.2 Å². The van der Waals surface area contributed by atoms with Crippen molar-refractivity contribution < 1.29 is 28.4 Å². The number of ether oxygens (including phenoxy) is 2. The van der Waals surface area contributed by atoms with Gasteiger partial charge in [0.15, 0.2) is 5.60 Å². The Bertz CT molecular complexity index is 734. The van der Waals surface area contributed by atoms with Crippen LogP contribution in [0.4, 0.5) is 0 Å². The molecule has 0 N–H and O–H groups in total. The Kier molecular flexibility index (Phi) is 3.74. The highest BCUT2D eigenvalue weighted by Crippen LogP contribution is 2.53. The van der Waals surface area contributed by atoms with Gasteiger partial charge < -0.3 is 18.8 Å². The molecule has 2 bridgehead atoms. The van der Waals surface area contributed by atoms with E-state index in [1.165, 1.54) is 0 Å². The molecule has 25 heavy (non-hydrogen) atoms. The van der Waals surface area contributed by atoms with E-state index in [0.29, 0.717) is 0 Å². The van der Waals surface area contributed by atoms with Gasteiger partial charge in [0.05, 0.1) is 6.61 Å². The molecule has 0 amide bonds. The molecule has 1 aromatic carbocycles. The molecule has 2 fully saturated rings. The summed E-state index contributed by atoms with van der Waals surface area (Å²) in [6.07, 6.45) is 2.77. The highest BCUT2D eigenvalue weighted by atomic mass is 16.6. The van der Waals surface area contributed by atoms with E-state index in [1.54, 1.807) is 26.0 Å². The van der Waals surface area contributed by atoms with Crippen LogP contribution < -0.4 is 5.46 Å². The van der Waals surface area contributed by atoms with Gasteiger partial charge >= 0.3 is 19.1 Å². The first kappa shape index (κ1) is 16.4. The number of carbonyl (C=O) groups is 2. The molecular formula is C18H19BO6. The molecule has 4 unspecified atom stereocenters. The van der Waals surface area contributed by atoms with Gasteiger partial charge in [-0.1, -0.05) is 30.3 Å². The lowest BCUT2D eigenvalue weighted by Gasteiger charge is -2.57. The summed E-state index contributed by atoms with van der Waals surface area (Å²) in [7, 11) is -0.698. The maximum absolute atomic E-state index is 12.7. The molecular weight excluding hydrogens is 323 g/mol. The fourth-order valence-corrected chi connectivity index (χ4v) is 3.95. The van der Waals surface area contributed by atoms with E-state index in [2.05, 4.69) is 0 Å². The average molecular weight is 342 g/mol. The topological polar surface area (TPSA) is 71.1 Å².